The minimum absolute atomic E-state index is 0. The zero-order chi connectivity index (χ0) is 10.1. The van der Waals surface area contributed by atoms with E-state index >= 15 is 0 Å². The van der Waals surface area contributed by atoms with E-state index in [4.69, 9.17) is 0 Å². The molecule has 0 fully saturated rings. The van der Waals surface area contributed by atoms with Crippen LogP contribution in [0.1, 0.15) is 31.9 Å². The molecule has 0 atom stereocenters. The second-order valence-electron chi connectivity index (χ2n) is 4.31. The summed E-state index contributed by atoms with van der Waals surface area (Å²) in [5, 5.41) is 0. The summed E-state index contributed by atoms with van der Waals surface area (Å²) in [4.78, 5) is 6.66. The van der Waals surface area contributed by atoms with Crippen LogP contribution in [0.2, 0.25) is 0 Å². The van der Waals surface area contributed by atoms with Gasteiger partial charge in [-0.2, -0.15) is 11.5 Å². The largest absolute Gasteiger partial charge is 0.315 e. The van der Waals surface area contributed by atoms with Crippen LogP contribution in [0.4, 0.5) is 0 Å². The topological polar surface area (TPSA) is 16.1 Å². The van der Waals surface area contributed by atoms with Crippen molar-refractivity contribution < 1.29 is 0 Å². The SMILES string of the molecule is C[C-]1CN(C(C)C)Cc2cnccc21.[Lr]. The molecular formula is C12H17LrN2-. The molecule has 91 valence electrons. The van der Waals surface area contributed by atoms with E-state index in [1.807, 2.05) is 12.4 Å². The van der Waals surface area contributed by atoms with Gasteiger partial charge in [-0.15, -0.1) is 11.6 Å². The molecular weight excluding hydrogens is 434 g/mol. The summed E-state index contributed by atoms with van der Waals surface area (Å²) in [5.41, 5.74) is 2.77. The molecule has 1 aliphatic heterocycles. The van der Waals surface area contributed by atoms with Crippen LogP contribution in [0.15, 0.2) is 18.5 Å². The summed E-state index contributed by atoms with van der Waals surface area (Å²) < 4.78 is 0. The number of nitrogens with zero attached hydrogens (tertiary/aromatic N) is 2. The van der Waals surface area contributed by atoms with Crippen LogP contribution < -0.4 is 0 Å². The fourth-order valence-electron chi connectivity index (χ4n) is 2.00. The van der Waals surface area contributed by atoms with Gasteiger partial charge in [-0.1, -0.05) is 6.92 Å². The van der Waals surface area contributed by atoms with E-state index in [1.54, 1.807) is 0 Å². The summed E-state index contributed by atoms with van der Waals surface area (Å²) >= 11 is 0. The molecule has 1 aromatic rings. The van der Waals surface area contributed by atoms with Gasteiger partial charge in [-0.25, -0.2) is 0 Å². The second kappa shape index (κ2) is 4.01. The fraction of sp³-hybridized carbons (Fsp3) is 0.500. The summed E-state index contributed by atoms with van der Waals surface area (Å²) in [6.45, 7) is 8.84. The molecule has 0 N–H and O–H groups in total. The minimum atomic E-state index is 0. The standard InChI is InChI=1S/C12H17N2.Lr/c1-9(2)14-7-10(3)12-4-5-13-6-11(12)8-14;/h4-6,9H,7-8H2,1-3H3;/q-1;. The molecule has 0 saturated carbocycles. The predicted molar refractivity (Wildman–Crippen MR) is 57.8 cm³/mol. The average molecular weight is 451 g/mol. The molecule has 0 bridgehead atoms. The maximum absolute atomic E-state index is 4.19. The first kappa shape index (κ1) is 11.1. The Kier molecular flexibility index (Phi) is 2.96. The van der Waals surface area contributed by atoms with Crippen molar-refractivity contribution in [1.29, 1.82) is 0 Å². The maximum Gasteiger partial charge on any atom is 0.00231 e. The summed E-state index contributed by atoms with van der Waals surface area (Å²) in [7, 11) is 0. The predicted octanol–water partition coefficient (Wildman–Crippen LogP) is 2.25. The van der Waals surface area contributed by atoms with Gasteiger partial charge in [-0.3, -0.25) is 4.98 Å². The number of pyridine rings is 1. The van der Waals surface area contributed by atoms with E-state index < -0.39 is 0 Å². The molecule has 0 aliphatic carbocycles. The first-order valence-corrected chi connectivity index (χ1v) is 5.18. The Morgan fingerprint density at radius 2 is 2.20 bits per heavy atom. The Bertz CT molecular complexity index is 325. The van der Waals surface area contributed by atoms with Crippen LogP contribution >= 0.6 is 0 Å². The maximum atomic E-state index is 4.19. The summed E-state index contributed by atoms with van der Waals surface area (Å²) in [6.07, 6.45) is 3.88. The Morgan fingerprint density at radius 1 is 1.47 bits per heavy atom. The number of hydrogen-bond donors (Lipinski definition) is 0. The third-order valence-electron chi connectivity index (χ3n) is 2.91. The van der Waals surface area contributed by atoms with Crippen LogP contribution in [0.5, 0.6) is 0 Å². The number of hydrogen-bond acceptors (Lipinski definition) is 2. The summed E-state index contributed by atoms with van der Waals surface area (Å²) in [5.74, 6) is 1.46. The molecule has 2 nitrogen and oxygen atoms in total. The van der Waals surface area contributed by atoms with Crippen LogP contribution in [0.3, 0.4) is 0 Å². The smallest absolute Gasteiger partial charge is 0.00231 e. The molecule has 0 unspecified atom stereocenters. The molecule has 0 amide bonds. The fourth-order valence-corrected chi connectivity index (χ4v) is 2.00. The van der Waals surface area contributed by atoms with E-state index in [0.717, 1.165) is 13.1 Å². The van der Waals surface area contributed by atoms with Gasteiger partial charge in [0.05, 0.1) is 0 Å². The van der Waals surface area contributed by atoms with Crippen LogP contribution in [0.25, 0.3) is 0 Å². The molecule has 0 saturated heterocycles. The van der Waals surface area contributed by atoms with Gasteiger partial charge < -0.3 is 4.90 Å². The number of fused-ring (bicyclic) bond motifs is 1. The third kappa shape index (κ3) is 1.91. The van der Waals surface area contributed by atoms with Gasteiger partial charge in [0.1, 0.15) is 0 Å². The minimum Gasteiger partial charge on any atom is -0.315 e. The molecule has 1 aliphatic rings. The second-order valence-corrected chi connectivity index (χ2v) is 4.31. The Morgan fingerprint density at radius 3 is 2.87 bits per heavy atom. The van der Waals surface area contributed by atoms with Gasteiger partial charge in [0.15, 0.2) is 0 Å². The Labute approximate surface area is 86.0 Å². The molecule has 3 heteroatoms. The molecule has 1 aromatic heterocycles. The van der Waals surface area contributed by atoms with Gasteiger partial charge in [0.2, 0.25) is 0 Å². The van der Waals surface area contributed by atoms with E-state index in [9.17, 15) is 0 Å². The van der Waals surface area contributed by atoms with E-state index in [1.165, 1.54) is 17.0 Å². The average Bonchev–Trinajstić information content (AvgIpc) is 2.17. The van der Waals surface area contributed by atoms with Crippen molar-refractivity contribution in [3.05, 3.63) is 35.5 Å². The quantitative estimate of drug-likeness (QED) is 0.610. The first-order valence-electron chi connectivity index (χ1n) is 5.18. The number of aromatic nitrogens is 1. The summed E-state index contributed by atoms with van der Waals surface area (Å²) in [6, 6.07) is 2.74. The Hall–Kier alpha value is -2.02. The zero-order valence-electron chi connectivity index (χ0n) is 9.38. The van der Waals surface area contributed by atoms with Crippen molar-refractivity contribution >= 4 is 0 Å². The molecule has 2 rings (SSSR count). The van der Waals surface area contributed by atoms with Crippen molar-refractivity contribution in [2.45, 2.75) is 33.4 Å². The van der Waals surface area contributed by atoms with Gasteiger partial charge in [0.25, 0.3) is 0 Å². The van der Waals surface area contributed by atoms with Gasteiger partial charge in [-0.05, 0) is 39.3 Å². The third-order valence-corrected chi connectivity index (χ3v) is 2.91. The molecule has 0 spiro atoms. The molecule has 1 radical (unpaired) electrons. The molecule has 0 aromatic carbocycles. The van der Waals surface area contributed by atoms with Crippen molar-refractivity contribution in [1.82, 2.24) is 9.88 Å². The van der Waals surface area contributed by atoms with Gasteiger partial charge >= 0.3 is 0 Å². The van der Waals surface area contributed by atoms with Crippen molar-refractivity contribution in [2.24, 2.45) is 0 Å². The zero-order valence-corrected chi connectivity index (χ0v) is 11.5. The van der Waals surface area contributed by atoms with Crippen LogP contribution in [0, 0.1) is 5.92 Å². The molecule has 15 heavy (non-hydrogen) atoms. The normalized spacial score (nSPS) is 16.1. The number of rotatable bonds is 1. The van der Waals surface area contributed by atoms with Crippen LogP contribution in [-0.2, 0) is 6.54 Å². The van der Waals surface area contributed by atoms with Crippen molar-refractivity contribution in [3.63, 3.8) is 0 Å². The van der Waals surface area contributed by atoms with E-state index in [-0.39, 0.29) is 0 Å². The Balaban J connectivity index is 0.00000112. The van der Waals surface area contributed by atoms with E-state index in [2.05, 4.69) is 36.7 Å². The van der Waals surface area contributed by atoms with Crippen molar-refractivity contribution in [2.75, 3.05) is 6.54 Å². The molecule has 2 heterocycles. The van der Waals surface area contributed by atoms with E-state index in [0.29, 0.717) is 6.04 Å². The monoisotopic (exact) mass is 451 g/mol. The first-order chi connectivity index (χ1) is 6.68. The van der Waals surface area contributed by atoms with Crippen molar-refractivity contribution in [3.8, 4) is 0 Å². The van der Waals surface area contributed by atoms with Crippen LogP contribution in [-0.4, -0.2) is 22.5 Å². The van der Waals surface area contributed by atoms with Gasteiger partial charge in [0, 0.05) is 6.04 Å².